The van der Waals surface area contributed by atoms with E-state index in [-0.39, 0.29) is 5.91 Å². The number of amides is 1. The number of hydrazine groups is 1. The van der Waals surface area contributed by atoms with E-state index in [0.717, 1.165) is 5.75 Å². The second-order valence-electron chi connectivity index (χ2n) is 4.41. The minimum atomic E-state index is -0.601. The maximum Gasteiger partial charge on any atom is 0.274 e. The predicted molar refractivity (Wildman–Crippen MR) is 80.0 cm³/mol. The highest BCUT2D eigenvalue weighted by Gasteiger charge is 2.16. The summed E-state index contributed by atoms with van der Waals surface area (Å²) in [6.07, 6.45) is -0.0680. The van der Waals surface area contributed by atoms with Crippen molar-refractivity contribution in [3.05, 3.63) is 54.6 Å². The zero-order valence-electron chi connectivity index (χ0n) is 11.8. The number of benzene rings is 2. The monoisotopic (exact) mass is 286 g/mol. The third kappa shape index (κ3) is 4.22. The molecular formula is C16H18N2O3. The molecule has 0 radical (unpaired) electrons. The molecule has 3 N–H and O–H groups in total. The molecule has 0 saturated carbocycles. The summed E-state index contributed by atoms with van der Waals surface area (Å²) in [4.78, 5) is 11.5. The molecule has 2 aromatic carbocycles. The molecule has 0 aliphatic rings. The van der Waals surface area contributed by atoms with E-state index in [1.54, 1.807) is 24.3 Å². The van der Waals surface area contributed by atoms with Crippen molar-refractivity contribution >= 4 is 5.91 Å². The number of rotatable bonds is 6. The number of carbonyl (C=O) groups excluding carboxylic acids is 1. The smallest absolute Gasteiger partial charge is 0.274 e. The highest BCUT2D eigenvalue weighted by Crippen LogP contribution is 2.24. The van der Waals surface area contributed by atoms with Crippen LogP contribution < -0.4 is 20.7 Å². The molecule has 0 fully saturated rings. The molecule has 1 amide bonds. The molecule has 0 spiro atoms. The van der Waals surface area contributed by atoms with Crippen LogP contribution in [-0.2, 0) is 4.79 Å². The zero-order chi connectivity index (χ0) is 15.1. The van der Waals surface area contributed by atoms with Gasteiger partial charge in [0.05, 0.1) is 0 Å². The van der Waals surface area contributed by atoms with Crippen molar-refractivity contribution in [2.45, 2.75) is 19.4 Å². The average Bonchev–Trinajstić information content (AvgIpc) is 2.54. The van der Waals surface area contributed by atoms with Gasteiger partial charge < -0.3 is 9.47 Å². The minimum Gasteiger partial charge on any atom is -0.481 e. The first-order valence-electron chi connectivity index (χ1n) is 6.73. The summed E-state index contributed by atoms with van der Waals surface area (Å²) in [6.45, 7) is 1.85. The molecule has 2 aromatic rings. The molecule has 0 aliphatic heterocycles. The Balaban J connectivity index is 2.00. The van der Waals surface area contributed by atoms with Crippen LogP contribution in [0.15, 0.2) is 54.6 Å². The maximum atomic E-state index is 11.5. The number of ether oxygens (including phenoxy) is 2. The molecule has 110 valence electrons. The molecule has 5 heteroatoms. The van der Waals surface area contributed by atoms with Crippen molar-refractivity contribution in [3.8, 4) is 17.2 Å². The topological polar surface area (TPSA) is 73.6 Å². The zero-order valence-corrected chi connectivity index (χ0v) is 11.8. The summed E-state index contributed by atoms with van der Waals surface area (Å²) < 4.78 is 11.3. The van der Waals surface area contributed by atoms with Crippen molar-refractivity contribution in [3.63, 3.8) is 0 Å². The first kappa shape index (κ1) is 14.9. The summed E-state index contributed by atoms with van der Waals surface area (Å²) in [5, 5.41) is 0. The van der Waals surface area contributed by atoms with Gasteiger partial charge in [-0.15, -0.1) is 0 Å². The van der Waals surface area contributed by atoms with Gasteiger partial charge in [-0.05, 0) is 42.8 Å². The molecule has 21 heavy (non-hydrogen) atoms. The van der Waals surface area contributed by atoms with Crippen LogP contribution in [0.1, 0.15) is 13.3 Å². The number of hydrogen-bond donors (Lipinski definition) is 2. The van der Waals surface area contributed by atoms with Crippen LogP contribution in [0.5, 0.6) is 17.2 Å². The standard InChI is InChI=1S/C16H18N2O3/c1-2-15(16(19)18-17)21-14-10-8-13(9-11-14)20-12-6-4-3-5-7-12/h3-11,15H,2,17H2,1H3,(H,18,19). The lowest BCUT2D eigenvalue weighted by molar-refractivity contribution is -0.128. The largest absolute Gasteiger partial charge is 0.481 e. The van der Waals surface area contributed by atoms with Gasteiger partial charge in [0.15, 0.2) is 6.10 Å². The van der Waals surface area contributed by atoms with Crippen LogP contribution in [0, 0.1) is 0 Å². The molecule has 0 aliphatic carbocycles. The first-order chi connectivity index (χ1) is 10.2. The molecule has 0 bridgehead atoms. The van der Waals surface area contributed by atoms with E-state index in [9.17, 15) is 4.79 Å². The molecule has 1 unspecified atom stereocenters. The van der Waals surface area contributed by atoms with Crippen molar-refractivity contribution < 1.29 is 14.3 Å². The van der Waals surface area contributed by atoms with Gasteiger partial charge in [-0.2, -0.15) is 0 Å². The Morgan fingerprint density at radius 2 is 1.62 bits per heavy atom. The molecular weight excluding hydrogens is 268 g/mol. The molecule has 5 nitrogen and oxygen atoms in total. The van der Waals surface area contributed by atoms with Gasteiger partial charge in [0.1, 0.15) is 17.2 Å². The Labute approximate surface area is 123 Å². The lowest BCUT2D eigenvalue weighted by atomic mass is 10.2. The molecule has 1 atom stereocenters. The normalized spacial score (nSPS) is 11.5. The van der Waals surface area contributed by atoms with Crippen LogP contribution in [-0.4, -0.2) is 12.0 Å². The van der Waals surface area contributed by atoms with Crippen LogP contribution in [0.2, 0.25) is 0 Å². The summed E-state index contributed by atoms with van der Waals surface area (Å²) >= 11 is 0. The van der Waals surface area contributed by atoms with Gasteiger partial charge in [-0.25, -0.2) is 5.84 Å². The van der Waals surface area contributed by atoms with Crippen LogP contribution in [0.4, 0.5) is 0 Å². The van der Waals surface area contributed by atoms with Gasteiger partial charge >= 0.3 is 0 Å². The fourth-order valence-corrected chi connectivity index (χ4v) is 1.79. The number of para-hydroxylation sites is 1. The minimum absolute atomic E-state index is 0.345. The number of nitrogens with one attached hydrogen (secondary N) is 1. The van der Waals surface area contributed by atoms with Gasteiger partial charge in [-0.3, -0.25) is 10.2 Å². The van der Waals surface area contributed by atoms with Crippen molar-refractivity contribution in [1.82, 2.24) is 5.43 Å². The van der Waals surface area contributed by atoms with E-state index >= 15 is 0 Å². The Morgan fingerprint density at radius 3 is 2.19 bits per heavy atom. The van der Waals surface area contributed by atoms with Crippen LogP contribution >= 0.6 is 0 Å². The second kappa shape index (κ2) is 7.31. The van der Waals surface area contributed by atoms with Crippen LogP contribution in [0.3, 0.4) is 0 Å². The average molecular weight is 286 g/mol. The Morgan fingerprint density at radius 1 is 1.05 bits per heavy atom. The third-order valence-electron chi connectivity index (χ3n) is 2.89. The van der Waals surface area contributed by atoms with E-state index in [1.807, 2.05) is 37.3 Å². The Hall–Kier alpha value is -2.53. The van der Waals surface area contributed by atoms with E-state index in [4.69, 9.17) is 15.3 Å². The summed E-state index contributed by atoms with van der Waals surface area (Å²) in [6, 6.07) is 16.6. The number of hydrogen-bond acceptors (Lipinski definition) is 4. The molecule has 0 saturated heterocycles. The highest BCUT2D eigenvalue weighted by molar-refractivity contribution is 5.80. The van der Waals surface area contributed by atoms with E-state index in [2.05, 4.69) is 5.43 Å². The summed E-state index contributed by atoms with van der Waals surface area (Å²) in [5.74, 6) is 6.82. The SMILES string of the molecule is CCC(Oc1ccc(Oc2ccccc2)cc1)C(=O)NN. The lowest BCUT2D eigenvalue weighted by Gasteiger charge is -2.16. The quantitative estimate of drug-likeness (QED) is 0.486. The number of carbonyl (C=O) groups is 1. The van der Waals surface area contributed by atoms with Gasteiger partial charge in [0.25, 0.3) is 5.91 Å². The lowest BCUT2D eigenvalue weighted by Crippen LogP contribution is -2.41. The van der Waals surface area contributed by atoms with E-state index in [0.29, 0.717) is 17.9 Å². The fourth-order valence-electron chi connectivity index (χ4n) is 1.79. The van der Waals surface area contributed by atoms with Gasteiger partial charge in [0.2, 0.25) is 0 Å². The predicted octanol–water partition coefficient (Wildman–Crippen LogP) is 2.63. The summed E-state index contributed by atoms with van der Waals surface area (Å²) in [5.41, 5.74) is 2.09. The van der Waals surface area contributed by atoms with Crippen LogP contribution in [0.25, 0.3) is 0 Å². The molecule has 0 heterocycles. The van der Waals surface area contributed by atoms with Gasteiger partial charge in [-0.1, -0.05) is 25.1 Å². The highest BCUT2D eigenvalue weighted by atomic mass is 16.5. The Kier molecular flexibility index (Phi) is 5.17. The second-order valence-corrected chi connectivity index (χ2v) is 4.41. The molecule has 0 aromatic heterocycles. The van der Waals surface area contributed by atoms with E-state index in [1.165, 1.54) is 0 Å². The van der Waals surface area contributed by atoms with E-state index < -0.39 is 6.10 Å². The number of nitrogens with two attached hydrogens (primary N) is 1. The third-order valence-corrected chi connectivity index (χ3v) is 2.89. The fraction of sp³-hybridized carbons (Fsp3) is 0.188. The molecule has 2 rings (SSSR count). The van der Waals surface area contributed by atoms with Crippen molar-refractivity contribution in [1.29, 1.82) is 0 Å². The maximum absolute atomic E-state index is 11.5. The first-order valence-corrected chi connectivity index (χ1v) is 6.73. The Bertz CT molecular complexity index is 570. The van der Waals surface area contributed by atoms with Crippen molar-refractivity contribution in [2.24, 2.45) is 5.84 Å². The summed E-state index contributed by atoms with van der Waals surface area (Å²) in [7, 11) is 0. The van der Waals surface area contributed by atoms with Crippen molar-refractivity contribution in [2.75, 3.05) is 0 Å². The van der Waals surface area contributed by atoms with Gasteiger partial charge in [0, 0.05) is 0 Å².